The van der Waals surface area contributed by atoms with Crippen LogP contribution in [0.2, 0.25) is 5.02 Å². The van der Waals surface area contributed by atoms with Crippen molar-refractivity contribution in [1.29, 1.82) is 0 Å². The van der Waals surface area contributed by atoms with Crippen molar-refractivity contribution >= 4 is 40.1 Å². The molecule has 2 aromatic rings. The summed E-state index contributed by atoms with van der Waals surface area (Å²) in [5, 5.41) is 4.01. The SMILES string of the molecule is CC(C)c1ccc(N=C2NC(=O)[C@@H](Cc3ccccc3Cl)S2)cc1. The number of halogens is 1. The van der Waals surface area contributed by atoms with Crippen LogP contribution >= 0.6 is 23.4 Å². The van der Waals surface area contributed by atoms with Gasteiger partial charge in [-0.05, 0) is 41.7 Å². The summed E-state index contributed by atoms with van der Waals surface area (Å²) in [7, 11) is 0. The van der Waals surface area contributed by atoms with Crippen molar-refractivity contribution < 1.29 is 4.79 Å². The van der Waals surface area contributed by atoms with Crippen LogP contribution < -0.4 is 5.32 Å². The van der Waals surface area contributed by atoms with Crippen molar-refractivity contribution in [2.45, 2.75) is 31.4 Å². The summed E-state index contributed by atoms with van der Waals surface area (Å²) in [6.07, 6.45) is 0.599. The Hall–Kier alpha value is -1.78. The van der Waals surface area contributed by atoms with Gasteiger partial charge in [0, 0.05) is 5.02 Å². The molecule has 1 saturated heterocycles. The minimum absolute atomic E-state index is 0.0162. The van der Waals surface area contributed by atoms with Crippen LogP contribution in [-0.2, 0) is 11.2 Å². The molecule has 0 unspecified atom stereocenters. The molecule has 2 aromatic carbocycles. The van der Waals surface area contributed by atoms with Gasteiger partial charge in [-0.2, -0.15) is 0 Å². The summed E-state index contributed by atoms with van der Waals surface area (Å²) in [6, 6.07) is 15.7. The Morgan fingerprint density at radius 3 is 2.54 bits per heavy atom. The number of nitrogens with zero attached hydrogens (tertiary/aromatic N) is 1. The Morgan fingerprint density at radius 1 is 1.17 bits per heavy atom. The third-order valence-electron chi connectivity index (χ3n) is 3.93. The summed E-state index contributed by atoms with van der Waals surface area (Å²) in [6.45, 7) is 4.32. The topological polar surface area (TPSA) is 41.5 Å². The molecule has 0 bridgehead atoms. The fourth-order valence-corrected chi connectivity index (χ4v) is 3.74. The molecule has 1 atom stereocenters. The second-order valence-electron chi connectivity index (χ2n) is 6.05. The molecular weight excluding hydrogens is 340 g/mol. The quantitative estimate of drug-likeness (QED) is 0.842. The number of nitrogens with one attached hydrogen (secondary N) is 1. The molecule has 5 heteroatoms. The van der Waals surface area contributed by atoms with Crippen molar-refractivity contribution in [3.8, 4) is 0 Å². The molecule has 3 nitrogen and oxygen atoms in total. The lowest BCUT2D eigenvalue weighted by Gasteiger charge is -2.07. The highest BCUT2D eigenvalue weighted by Crippen LogP contribution is 2.28. The molecular formula is C19H19ClN2OS. The van der Waals surface area contributed by atoms with Gasteiger partial charge >= 0.3 is 0 Å². The highest BCUT2D eigenvalue weighted by molar-refractivity contribution is 8.15. The van der Waals surface area contributed by atoms with E-state index in [0.29, 0.717) is 22.5 Å². The second kappa shape index (κ2) is 7.41. The Morgan fingerprint density at radius 2 is 1.88 bits per heavy atom. The number of rotatable bonds is 4. The lowest BCUT2D eigenvalue weighted by atomic mass is 10.0. The fraction of sp³-hybridized carbons (Fsp3) is 0.263. The molecule has 1 aliphatic rings. The molecule has 0 aliphatic carbocycles. The van der Waals surface area contributed by atoms with Crippen molar-refractivity contribution in [2.24, 2.45) is 4.99 Å². The van der Waals surface area contributed by atoms with Gasteiger partial charge in [-0.25, -0.2) is 4.99 Å². The number of thioether (sulfide) groups is 1. The van der Waals surface area contributed by atoms with E-state index in [1.807, 2.05) is 36.4 Å². The summed E-state index contributed by atoms with van der Waals surface area (Å²) < 4.78 is 0. The van der Waals surface area contributed by atoms with Crippen LogP contribution in [0.5, 0.6) is 0 Å². The molecule has 0 aromatic heterocycles. The largest absolute Gasteiger partial charge is 0.304 e. The number of hydrogen-bond acceptors (Lipinski definition) is 3. The van der Waals surface area contributed by atoms with E-state index in [1.165, 1.54) is 17.3 Å². The smallest absolute Gasteiger partial charge is 0.239 e. The minimum Gasteiger partial charge on any atom is -0.304 e. The van der Waals surface area contributed by atoms with E-state index in [0.717, 1.165) is 11.3 Å². The van der Waals surface area contributed by atoms with Gasteiger partial charge in [0.2, 0.25) is 5.91 Å². The normalized spacial score (nSPS) is 19.1. The first-order chi connectivity index (χ1) is 11.5. The standard InChI is InChI=1S/C19H19ClN2OS/c1-12(2)13-7-9-15(10-8-13)21-19-22-18(23)17(24-19)11-14-5-3-4-6-16(14)20/h3-10,12,17H,11H2,1-2H3,(H,21,22,23)/t17-/m1/s1. The highest BCUT2D eigenvalue weighted by Gasteiger charge is 2.30. The third kappa shape index (κ3) is 4.00. The van der Waals surface area contributed by atoms with Crippen LogP contribution in [-0.4, -0.2) is 16.3 Å². The van der Waals surface area contributed by atoms with E-state index >= 15 is 0 Å². The molecule has 124 valence electrons. The summed E-state index contributed by atoms with van der Waals surface area (Å²) in [5.41, 5.74) is 3.11. The maximum atomic E-state index is 12.2. The van der Waals surface area contributed by atoms with E-state index in [9.17, 15) is 4.79 Å². The van der Waals surface area contributed by atoms with Crippen molar-refractivity contribution in [3.63, 3.8) is 0 Å². The molecule has 0 spiro atoms. The molecule has 0 saturated carbocycles. The van der Waals surface area contributed by atoms with Crippen LogP contribution in [0.15, 0.2) is 53.5 Å². The summed E-state index contributed by atoms with van der Waals surface area (Å²) in [4.78, 5) is 16.7. The zero-order chi connectivity index (χ0) is 17.1. The number of amides is 1. The predicted octanol–water partition coefficient (Wildman–Crippen LogP) is 4.93. The van der Waals surface area contributed by atoms with Gasteiger partial charge in [0.15, 0.2) is 5.17 Å². The van der Waals surface area contributed by atoms with Gasteiger partial charge in [-0.3, -0.25) is 4.79 Å². The first-order valence-electron chi connectivity index (χ1n) is 7.92. The van der Waals surface area contributed by atoms with E-state index < -0.39 is 0 Å². The van der Waals surface area contributed by atoms with Crippen molar-refractivity contribution in [1.82, 2.24) is 5.32 Å². The Kier molecular flexibility index (Phi) is 5.27. The molecule has 1 heterocycles. The Balaban J connectivity index is 1.71. The van der Waals surface area contributed by atoms with Crippen LogP contribution in [0.4, 0.5) is 5.69 Å². The van der Waals surface area contributed by atoms with Crippen LogP contribution in [0.1, 0.15) is 30.9 Å². The lowest BCUT2D eigenvalue weighted by Crippen LogP contribution is -2.26. The molecule has 0 radical (unpaired) electrons. The number of benzene rings is 2. The maximum absolute atomic E-state index is 12.2. The monoisotopic (exact) mass is 358 g/mol. The van der Waals surface area contributed by atoms with E-state index in [1.54, 1.807) is 0 Å². The second-order valence-corrected chi connectivity index (χ2v) is 7.65. The van der Waals surface area contributed by atoms with Crippen molar-refractivity contribution in [3.05, 3.63) is 64.7 Å². The van der Waals surface area contributed by atoms with Gasteiger partial charge in [0.25, 0.3) is 0 Å². The third-order valence-corrected chi connectivity index (χ3v) is 5.38. The van der Waals surface area contributed by atoms with Crippen molar-refractivity contribution in [2.75, 3.05) is 0 Å². The van der Waals surface area contributed by atoms with Gasteiger partial charge < -0.3 is 5.32 Å². The lowest BCUT2D eigenvalue weighted by molar-refractivity contribution is -0.118. The van der Waals surface area contributed by atoms with Crippen LogP contribution in [0.25, 0.3) is 0 Å². The average Bonchev–Trinajstić information content (AvgIpc) is 2.89. The van der Waals surface area contributed by atoms with E-state index in [-0.39, 0.29) is 11.2 Å². The number of aliphatic imine (C=N–C) groups is 1. The van der Waals surface area contributed by atoms with Gasteiger partial charge in [-0.1, -0.05) is 67.5 Å². The van der Waals surface area contributed by atoms with Crippen LogP contribution in [0.3, 0.4) is 0 Å². The number of amidine groups is 1. The molecule has 1 fully saturated rings. The minimum atomic E-state index is -0.196. The Labute approximate surface area is 151 Å². The summed E-state index contributed by atoms with van der Waals surface area (Å²) in [5.74, 6) is 0.477. The molecule has 3 rings (SSSR count). The fourth-order valence-electron chi connectivity index (χ4n) is 2.51. The maximum Gasteiger partial charge on any atom is 0.239 e. The van der Waals surface area contributed by atoms with Gasteiger partial charge in [0.1, 0.15) is 0 Å². The van der Waals surface area contributed by atoms with E-state index in [4.69, 9.17) is 11.6 Å². The zero-order valence-electron chi connectivity index (χ0n) is 13.6. The highest BCUT2D eigenvalue weighted by atomic mass is 35.5. The van der Waals surface area contributed by atoms with Crippen LogP contribution in [0, 0.1) is 0 Å². The average molecular weight is 359 g/mol. The molecule has 1 N–H and O–H groups in total. The predicted molar refractivity (Wildman–Crippen MR) is 102 cm³/mol. The molecule has 24 heavy (non-hydrogen) atoms. The van der Waals surface area contributed by atoms with Gasteiger partial charge in [-0.15, -0.1) is 0 Å². The number of carbonyl (C=O) groups excluding carboxylic acids is 1. The Bertz CT molecular complexity index is 771. The number of hydrogen-bond donors (Lipinski definition) is 1. The summed E-state index contributed by atoms with van der Waals surface area (Å²) >= 11 is 7.64. The van der Waals surface area contributed by atoms with E-state index in [2.05, 4.69) is 36.3 Å². The molecule has 1 amide bonds. The number of carbonyl (C=O) groups is 1. The molecule has 1 aliphatic heterocycles. The first kappa shape index (κ1) is 17.1. The first-order valence-corrected chi connectivity index (χ1v) is 9.18. The van der Waals surface area contributed by atoms with Gasteiger partial charge in [0.05, 0.1) is 10.9 Å². The zero-order valence-corrected chi connectivity index (χ0v) is 15.2.